The van der Waals surface area contributed by atoms with Gasteiger partial charge in [-0.3, -0.25) is 4.79 Å². The Bertz CT molecular complexity index is 270. The smallest absolute Gasteiger partial charge is 0.236 e. The first-order valence-corrected chi connectivity index (χ1v) is 7.40. The van der Waals surface area contributed by atoms with Crippen LogP contribution in [0, 0.1) is 0 Å². The number of aliphatic hydroxyl groups is 1. The van der Waals surface area contributed by atoms with Crippen molar-refractivity contribution in [2.45, 2.75) is 38.4 Å². The molecule has 0 aromatic carbocycles. The lowest BCUT2D eigenvalue weighted by Crippen LogP contribution is -2.43. The first-order chi connectivity index (χ1) is 9.63. The van der Waals surface area contributed by atoms with E-state index in [9.17, 15) is 9.90 Å². The number of rotatable bonds is 9. The molecule has 0 aromatic heterocycles. The van der Waals surface area contributed by atoms with Crippen LogP contribution in [0.3, 0.4) is 0 Å². The van der Waals surface area contributed by atoms with Gasteiger partial charge >= 0.3 is 0 Å². The van der Waals surface area contributed by atoms with Crippen LogP contribution < -0.4 is 5.32 Å². The monoisotopic (exact) mass is 288 g/mol. The lowest BCUT2D eigenvalue weighted by atomic mass is 10.1. The van der Waals surface area contributed by atoms with Crippen LogP contribution in [-0.4, -0.2) is 74.6 Å². The molecule has 1 saturated heterocycles. The highest BCUT2D eigenvalue weighted by Gasteiger charge is 2.16. The third-order valence-corrected chi connectivity index (χ3v) is 3.34. The number of hydrogen-bond donors (Lipinski definition) is 2. The highest BCUT2D eigenvalue weighted by Crippen LogP contribution is 2.08. The van der Waals surface area contributed by atoms with Gasteiger partial charge in [-0.1, -0.05) is 0 Å². The average molecular weight is 288 g/mol. The van der Waals surface area contributed by atoms with Gasteiger partial charge in [0.15, 0.2) is 0 Å². The van der Waals surface area contributed by atoms with Crippen molar-refractivity contribution in [3.63, 3.8) is 0 Å². The number of methoxy groups -OCH3 is 1. The third-order valence-electron chi connectivity index (χ3n) is 3.34. The zero-order chi connectivity index (χ0) is 14.8. The van der Waals surface area contributed by atoms with Crippen molar-refractivity contribution in [2.75, 3.05) is 46.5 Å². The SMILES string of the molecule is COCC(C)OCC(O)CNCC(=O)N1CCCCC1. The van der Waals surface area contributed by atoms with E-state index >= 15 is 0 Å². The van der Waals surface area contributed by atoms with E-state index in [0.29, 0.717) is 13.2 Å². The van der Waals surface area contributed by atoms with Crippen LogP contribution in [0.15, 0.2) is 0 Å². The largest absolute Gasteiger partial charge is 0.389 e. The molecule has 2 N–H and O–H groups in total. The van der Waals surface area contributed by atoms with E-state index in [1.54, 1.807) is 7.11 Å². The Kier molecular flexibility index (Phi) is 8.77. The molecule has 6 nitrogen and oxygen atoms in total. The second-order valence-corrected chi connectivity index (χ2v) is 5.33. The van der Waals surface area contributed by atoms with Crippen LogP contribution >= 0.6 is 0 Å². The van der Waals surface area contributed by atoms with Crippen LogP contribution in [0.1, 0.15) is 26.2 Å². The fourth-order valence-corrected chi connectivity index (χ4v) is 2.22. The zero-order valence-corrected chi connectivity index (χ0v) is 12.6. The van der Waals surface area contributed by atoms with E-state index < -0.39 is 6.10 Å². The fraction of sp³-hybridized carbons (Fsp3) is 0.929. The summed E-state index contributed by atoms with van der Waals surface area (Å²) < 4.78 is 10.4. The maximum absolute atomic E-state index is 11.9. The molecule has 0 bridgehead atoms. The van der Waals surface area contributed by atoms with Crippen molar-refractivity contribution in [2.24, 2.45) is 0 Å². The Labute approximate surface area is 121 Å². The lowest BCUT2D eigenvalue weighted by Gasteiger charge is -2.27. The molecule has 2 atom stereocenters. The number of nitrogens with one attached hydrogen (secondary N) is 1. The third kappa shape index (κ3) is 7.19. The lowest BCUT2D eigenvalue weighted by molar-refractivity contribution is -0.131. The zero-order valence-electron chi connectivity index (χ0n) is 12.6. The van der Waals surface area contributed by atoms with Crippen LogP contribution in [0.2, 0.25) is 0 Å². The number of carbonyl (C=O) groups is 1. The molecule has 1 heterocycles. The molecule has 0 aliphatic carbocycles. The van der Waals surface area contributed by atoms with Gasteiger partial charge in [-0.25, -0.2) is 0 Å². The molecule has 2 unspecified atom stereocenters. The molecule has 1 amide bonds. The van der Waals surface area contributed by atoms with E-state index in [0.717, 1.165) is 25.9 Å². The van der Waals surface area contributed by atoms with E-state index in [1.807, 2.05) is 11.8 Å². The van der Waals surface area contributed by atoms with E-state index in [4.69, 9.17) is 9.47 Å². The van der Waals surface area contributed by atoms with Crippen molar-refractivity contribution in [3.8, 4) is 0 Å². The topological polar surface area (TPSA) is 71.0 Å². The summed E-state index contributed by atoms with van der Waals surface area (Å²) in [6.07, 6.45) is 2.76. The molecule has 0 saturated carbocycles. The second kappa shape index (κ2) is 10.1. The van der Waals surface area contributed by atoms with Gasteiger partial charge in [-0.05, 0) is 26.2 Å². The maximum atomic E-state index is 11.9. The maximum Gasteiger partial charge on any atom is 0.236 e. The molecule has 0 spiro atoms. The number of ether oxygens (including phenoxy) is 2. The Morgan fingerprint density at radius 1 is 1.30 bits per heavy atom. The number of aliphatic hydroxyl groups excluding tert-OH is 1. The molecule has 0 aromatic rings. The summed E-state index contributed by atoms with van der Waals surface area (Å²) in [5.41, 5.74) is 0. The standard InChI is InChI=1S/C14H28N2O4/c1-12(10-19-2)20-11-13(17)8-15-9-14(18)16-6-4-3-5-7-16/h12-13,15,17H,3-11H2,1-2H3. The number of carbonyl (C=O) groups excluding carboxylic acids is 1. The minimum absolute atomic E-state index is 0.0374. The number of nitrogens with zero attached hydrogens (tertiary/aromatic N) is 1. The highest BCUT2D eigenvalue weighted by molar-refractivity contribution is 5.78. The Morgan fingerprint density at radius 2 is 2.00 bits per heavy atom. The van der Waals surface area contributed by atoms with Gasteiger partial charge in [0.25, 0.3) is 0 Å². The van der Waals surface area contributed by atoms with Crippen LogP contribution in [0.25, 0.3) is 0 Å². The van der Waals surface area contributed by atoms with Crippen molar-refractivity contribution in [3.05, 3.63) is 0 Å². The van der Waals surface area contributed by atoms with Gasteiger partial charge < -0.3 is 24.8 Å². The number of likely N-dealkylation sites (tertiary alicyclic amines) is 1. The summed E-state index contributed by atoms with van der Waals surface area (Å²) in [5.74, 6) is 0.116. The van der Waals surface area contributed by atoms with Crippen LogP contribution in [-0.2, 0) is 14.3 Å². The summed E-state index contributed by atoms with van der Waals surface area (Å²) in [7, 11) is 1.62. The first kappa shape index (κ1) is 17.4. The van der Waals surface area contributed by atoms with Gasteiger partial charge in [0.05, 0.1) is 32.0 Å². The number of amides is 1. The van der Waals surface area contributed by atoms with Gasteiger partial charge in [0.2, 0.25) is 5.91 Å². The summed E-state index contributed by atoms with van der Waals surface area (Å²) in [5, 5.41) is 12.7. The molecule has 118 valence electrons. The minimum Gasteiger partial charge on any atom is -0.389 e. The normalized spacial score (nSPS) is 18.9. The molecule has 1 aliphatic heterocycles. The molecular weight excluding hydrogens is 260 g/mol. The molecule has 1 fully saturated rings. The molecular formula is C14H28N2O4. The highest BCUT2D eigenvalue weighted by atomic mass is 16.5. The van der Waals surface area contributed by atoms with Gasteiger partial charge in [-0.15, -0.1) is 0 Å². The van der Waals surface area contributed by atoms with Gasteiger partial charge in [0, 0.05) is 26.7 Å². The quantitative estimate of drug-likeness (QED) is 0.625. The summed E-state index contributed by atoms with van der Waals surface area (Å²) in [6, 6.07) is 0. The summed E-state index contributed by atoms with van der Waals surface area (Å²) in [6.45, 7) is 5.01. The predicted molar refractivity (Wildman–Crippen MR) is 76.6 cm³/mol. The molecule has 1 rings (SSSR count). The van der Waals surface area contributed by atoms with E-state index in [-0.39, 0.29) is 25.2 Å². The first-order valence-electron chi connectivity index (χ1n) is 7.40. The van der Waals surface area contributed by atoms with Crippen molar-refractivity contribution >= 4 is 5.91 Å². The van der Waals surface area contributed by atoms with Crippen LogP contribution in [0.5, 0.6) is 0 Å². The van der Waals surface area contributed by atoms with Gasteiger partial charge in [-0.2, -0.15) is 0 Å². The predicted octanol–water partition coefficient (Wildman–Crippen LogP) is 0.000900. The van der Waals surface area contributed by atoms with Crippen molar-refractivity contribution in [1.82, 2.24) is 10.2 Å². The number of hydrogen-bond acceptors (Lipinski definition) is 5. The minimum atomic E-state index is -0.608. The Hall–Kier alpha value is -0.690. The molecule has 1 aliphatic rings. The molecule has 6 heteroatoms. The second-order valence-electron chi connectivity index (χ2n) is 5.33. The Balaban J connectivity index is 2.05. The van der Waals surface area contributed by atoms with Crippen LogP contribution in [0.4, 0.5) is 0 Å². The molecule has 20 heavy (non-hydrogen) atoms. The summed E-state index contributed by atoms with van der Waals surface area (Å²) >= 11 is 0. The fourth-order valence-electron chi connectivity index (χ4n) is 2.22. The molecule has 0 radical (unpaired) electrons. The average Bonchev–Trinajstić information content (AvgIpc) is 2.46. The Morgan fingerprint density at radius 3 is 2.65 bits per heavy atom. The van der Waals surface area contributed by atoms with Crippen molar-refractivity contribution in [1.29, 1.82) is 0 Å². The van der Waals surface area contributed by atoms with Crippen molar-refractivity contribution < 1.29 is 19.4 Å². The van der Waals surface area contributed by atoms with E-state index in [1.165, 1.54) is 6.42 Å². The van der Waals surface area contributed by atoms with Gasteiger partial charge in [0.1, 0.15) is 0 Å². The van der Waals surface area contributed by atoms with E-state index in [2.05, 4.69) is 5.32 Å². The summed E-state index contributed by atoms with van der Waals surface area (Å²) in [4.78, 5) is 13.8. The number of piperidine rings is 1.